The Labute approximate surface area is 207 Å². The molecule has 0 radical (unpaired) electrons. The second-order valence-electron chi connectivity index (χ2n) is 7.37. The molecule has 1 saturated heterocycles. The van der Waals surface area contributed by atoms with E-state index in [1.165, 1.54) is 37.5 Å². The number of carbonyl (C=O) groups excluding carboxylic acids is 3. The summed E-state index contributed by atoms with van der Waals surface area (Å²) in [6, 6.07) is 12.8. The van der Waals surface area contributed by atoms with E-state index in [2.05, 4.69) is 21.2 Å². The van der Waals surface area contributed by atoms with Gasteiger partial charge in [-0.3, -0.25) is 14.9 Å². The highest BCUT2D eigenvalue weighted by atomic mass is 79.9. The highest BCUT2D eigenvalue weighted by molar-refractivity contribution is 9.10. The van der Waals surface area contributed by atoms with E-state index in [-0.39, 0.29) is 23.7 Å². The summed E-state index contributed by atoms with van der Waals surface area (Å²) in [6.45, 7) is 0.152. The van der Waals surface area contributed by atoms with Gasteiger partial charge < -0.3 is 9.47 Å². The van der Waals surface area contributed by atoms with E-state index < -0.39 is 23.7 Å². The third-order valence-corrected chi connectivity index (χ3v) is 5.76. The first-order valence-electron chi connectivity index (χ1n) is 10.2. The third-order valence-electron chi connectivity index (χ3n) is 5.08. The number of methoxy groups -OCH3 is 1. The Bertz CT molecular complexity index is 1340. The Morgan fingerprint density at radius 2 is 1.57 bits per heavy atom. The largest absolute Gasteiger partial charge is 0.493 e. The number of nitrogens with one attached hydrogen (secondary N) is 1. The van der Waals surface area contributed by atoms with Crippen molar-refractivity contribution in [2.24, 2.45) is 0 Å². The average molecular weight is 543 g/mol. The summed E-state index contributed by atoms with van der Waals surface area (Å²) in [5, 5.41) is 2.11. The van der Waals surface area contributed by atoms with Crippen molar-refractivity contribution in [3.63, 3.8) is 0 Å². The minimum atomic E-state index is -0.940. The van der Waals surface area contributed by atoms with Gasteiger partial charge in [0.25, 0.3) is 11.8 Å². The summed E-state index contributed by atoms with van der Waals surface area (Å²) < 4.78 is 38.0. The molecular weight excluding hydrogens is 526 g/mol. The molecule has 0 unspecified atom stereocenters. The third kappa shape index (κ3) is 5.22. The predicted octanol–water partition coefficient (Wildman–Crippen LogP) is 4.98. The van der Waals surface area contributed by atoms with E-state index in [9.17, 15) is 23.2 Å². The van der Waals surface area contributed by atoms with Crippen molar-refractivity contribution in [2.75, 3.05) is 12.0 Å². The molecule has 4 rings (SSSR count). The van der Waals surface area contributed by atoms with Crippen LogP contribution in [0.5, 0.6) is 11.5 Å². The first kappa shape index (κ1) is 24.1. The second-order valence-corrected chi connectivity index (χ2v) is 8.23. The highest BCUT2D eigenvalue weighted by Gasteiger charge is 2.37. The smallest absolute Gasteiger partial charge is 0.335 e. The molecule has 0 aliphatic carbocycles. The molecule has 0 spiro atoms. The number of rotatable bonds is 6. The minimum Gasteiger partial charge on any atom is -0.493 e. The SMILES string of the molecule is COc1cc(/C=C2\C(=O)NC(=O)N(c3ccc(F)cc3)C2=O)c(Br)cc1OCc1ccc(F)cc1. The van der Waals surface area contributed by atoms with Crippen molar-refractivity contribution >= 4 is 45.5 Å². The lowest BCUT2D eigenvalue weighted by molar-refractivity contribution is -0.122. The van der Waals surface area contributed by atoms with Gasteiger partial charge in [-0.25, -0.2) is 18.5 Å². The fourth-order valence-corrected chi connectivity index (χ4v) is 3.75. The zero-order chi connectivity index (χ0) is 25.1. The zero-order valence-electron chi connectivity index (χ0n) is 18.2. The van der Waals surface area contributed by atoms with Gasteiger partial charge in [-0.2, -0.15) is 0 Å². The van der Waals surface area contributed by atoms with Crippen LogP contribution in [-0.4, -0.2) is 25.0 Å². The first-order chi connectivity index (χ1) is 16.8. The fraction of sp³-hybridized carbons (Fsp3) is 0.0800. The number of nitrogens with zero attached hydrogens (tertiary/aromatic N) is 1. The molecule has 0 aromatic heterocycles. The fourth-order valence-electron chi connectivity index (χ4n) is 3.31. The number of barbiturate groups is 1. The lowest BCUT2D eigenvalue weighted by Crippen LogP contribution is -2.54. The Hall–Kier alpha value is -4.05. The number of hydrogen-bond donors (Lipinski definition) is 1. The molecule has 35 heavy (non-hydrogen) atoms. The van der Waals surface area contributed by atoms with Crippen LogP contribution in [0, 0.1) is 11.6 Å². The van der Waals surface area contributed by atoms with Crippen molar-refractivity contribution in [1.82, 2.24) is 5.32 Å². The molecule has 0 bridgehead atoms. The quantitative estimate of drug-likeness (QED) is 0.350. The van der Waals surface area contributed by atoms with Crippen LogP contribution in [0.2, 0.25) is 0 Å². The van der Waals surface area contributed by atoms with E-state index in [0.717, 1.165) is 22.6 Å². The number of urea groups is 1. The van der Waals surface area contributed by atoms with Gasteiger partial charge in [0, 0.05) is 4.47 Å². The van der Waals surface area contributed by atoms with Crippen molar-refractivity contribution < 1.29 is 32.6 Å². The molecule has 1 aliphatic rings. The highest BCUT2D eigenvalue weighted by Crippen LogP contribution is 2.35. The standard InChI is InChI=1S/C25H17BrF2N2O5/c1-34-21-11-15(20(26)12-22(21)35-13-14-2-4-16(27)5-3-14)10-19-23(31)29-25(33)30(24(19)32)18-8-6-17(28)7-9-18/h2-12H,13H2,1H3,(H,29,31,33)/b19-10+. The number of carbonyl (C=O) groups is 3. The van der Waals surface area contributed by atoms with Gasteiger partial charge in [0.1, 0.15) is 23.8 Å². The number of anilines is 1. The summed E-state index contributed by atoms with van der Waals surface area (Å²) in [5.74, 6) is -1.95. The van der Waals surface area contributed by atoms with Crippen molar-refractivity contribution in [3.05, 3.63) is 93.5 Å². The summed E-state index contributed by atoms with van der Waals surface area (Å²) in [5.41, 5.74) is 0.943. The van der Waals surface area contributed by atoms with Gasteiger partial charge in [0.15, 0.2) is 11.5 Å². The molecule has 1 aliphatic heterocycles. The lowest BCUT2D eigenvalue weighted by atomic mass is 10.1. The van der Waals surface area contributed by atoms with E-state index in [1.807, 2.05) is 0 Å². The molecule has 3 aromatic rings. The number of benzene rings is 3. The average Bonchev–Trinajstić information content (AvgIpc) is 2.83. The molecule has 10 heteroatoms. The van der Waals surface area contributed by atoms with Crippen LogP contribution in [0.1, 0.15) is 11.1 Å². The van der Waals surface area contributed by atoms with Crippen molar-refractivity contribution in [3.8, 4) is 11.5 Å². The molecule has 1 fully saturated rings. The topological polar surface area (TPSA) is 84.9 Å². The van der Waals surface area contributed by atoms with E-state index in [1.54, 1.807) is 24.3 Å². The number of amides is 4. The summed E-state index contributed by atoms with van der Waals surface area (Å²) in [6.07, 6.45) is 1.30. The molecular formula is C25H17BrF2N2O5. The van der Waals surface area contributed by atoms with Crippen LogP contribution >= 0.6 is 15.9 Å². The summed E-state index contributed by atoms with van der Waals surface area (Å²) in [7, 11) is 1.43. The van der Waals surface area contributed by atoms with Crippen molar-refractivity contribution in [2.45, 2.75) is 6.61 Å². The predicted molar refractivity (Wildman–Crippen MR) is 127 cm³/mol. The number of ether oxygens (including phenoxy) is 2. The van der Waals surface area contributed by atoms with Crippen LogP contribution in [0.4, 0.5) is 19.3 Å². The van der Waals surface area contributed by atoms with Gasteiger partial charge in [-0.15, -0.1) is 0 Å². The molecule has 3 aromatic carbocycles. The first-order valence-corrected chi connectivity index (χ1v) is 11.0. The summed E-state index contributed by atoms with van der Waals surface area (Å²) >= 11 is 3.40. The maximum Gasteiger partial charge on any atom is 0.335 e. The van der Waals surface area contributed by atoms with Crippen LogP contribution in [0.25, 0.3) is 6.08 Å². The lowest BCUT2D eigenvalue weighted by Gasteiger charge is -2.26. The number of hydrogen-bond acceptors (Lipinski definition) is 5. The maximum absolute atomic E-state index is 13.3. The molecule has 178 valence electrons. The number of halogens is 3. The Morgan fingerprint density at radius 3 is 2.20 bits per heavy atom. The minimum absolute atomic E-state index is 0.105. The zero-order valence-corrected chi connectivity index (χ0v) is 19.8. The second kappa shape index (κ2) is 10.1. The maximum atomic E-state index is 13.3. The number of imide groups is 2. The van der Waals surface area contributed by atoms with Gasteiger partial charge in [-0.1, -0.05) is 28.1 Å². The molecule has 1 heterocycles. The van der Waals surface area contributed by atoms with E-state index in [4.69, 9.17) is 9.47 Å². The van der Waals surface area contributed by atoms with Crippen LogP contribution < -0.4 is 19.7 Å². The van der Waals surface area contributed by atoms with Gasteiger partial charge in [-0.05, 0) is 65.7 Å². The molecule has 0 saturated carbocycles. The Morgan fingerprint density at radius 1 is 0.943 bits per heavy atom. The van der Waals surface area contributed by atoms with Crippen LogP contribution in [0.3, 0.4) is 0 Å². The Kier molecular flexibility index (Phi) is 6.92. The normalized spacial score (nSPS) is 14.8. The van der Waals surface area contributed by atoms with Crippen molar-refractivity contribution in [1.29, 1.82) is 0 Å². The van der Waals surface area contributed by atoms with Crippen LogP contribution in [-0.2, 0) is 16.2 Å². The monoisotopic (exact) mass is 542 g/mol. The van der Waals surface area contributed by atoms with E-state index >= 15 is 0 Å². The van der Waals surface area contributed by atoms with E-state index in [0.29, 0.717) is 21.5 Å². The molecule has 1 N–H and O–H groups in total. The van der Waals surface area contributed by atoms with Crippen LogP contribution in [0.15, 0.2) is 70.7 Å². The van der Waals surface area contributed by atoms with Gasteiger partial charge >= 0.3 is 6.03 Å². The summed E-state index contributed by atoms with van der Waals surface area (Å²) in [4.78, 5) is 38.5. The Balaban J connectivity index is 1.63. The van der Waals surface area contributed by atoms with Gasteiger partial charge in [0.05, 0.1) is 12.8 Å². The molecule has 0 atom stereocenters. The van der Waals surface area contributed by atoms with Gasteiger partial charge in [0.2, 0.25) is 0 Å². The molecule has 7 nitrogen and oxygen atoms in total. The molecule has 4 amide bonds.